The Morgan fingerprint density at radius 2 is 1.70 bits per heavy atom. The summed E-state index contributed by atoms with van der Waals surface area (Å²) in [6.07, 6.45) is 6.35. The zero-order chi connectivity index (χ0) is 7.98. The molecule has 0 nitrogen and oxygen atoms in total. The van der Waals surface area contributed by atoms with Gasteiger partial charge in [-0.3, -0.25) is 0 Å². The van der Waals surface area contributed by atoms with Gasteiger partial charge < -0.3 is 0 Å². The Hall–Kier alpha value is 0. The lowest BCUT2D eigenvalue weighted by Gasteiger charge is -2.11. The predicted octanol–water partition coefficient (Wildman–Crippen LogP) is 3.67. The van der Waals surface area contributed by atoms with Gasteiger partial charge in [0, 0.05) is 0 Å². The van der Waals surface area contributed by atoms with Crippen molar-refractivity contribution in [3.63, 3.8) is 0 Å². The number of hydrogen-bond donors (Lipinski definition) is 0. The molecule has 10 heavy (non-hydrogen) atoms. The van der Waals surface area contributed by atoms with Gasteiger partial charge in [-0.2, -0.15) is 0 Å². The summed E-state index contributed by atoms with van der Waals surface area (Å²) >= 11 is 0. The molecule has 0 saturated heterocycles. The first-order chi connectivity index (χ1) is 4.70. The van der Waals surface area contributed by atoms with E-state index < -0.39 is 0 Å². The second-order valence-electron chi connectivity index (χ2n) is 3.37. The van der Waals surface area contributed by atoms with E-state index in [4.69, 9.17) is 0 Å². The molecular formula is C10H21. The standard InChI is InChI=1S/C10H21/c1-5-9(3)7-8-10(4)6-2/h7,9-10H,5-6,8H2,1-4H3. The normalized spacial score (nSPS) is 16.8. The maximum Gasteiger partial charge on any atom is -0.0355 e. The molecule has 0 heterocycles. The van der Waals surface area contributed by atoms with E-state index in [9.17, 15) is 0 Å². The van der Waals surface area contributed by atoms with Gasteiger partial charge in [-0.05, 0) is 24.7 Å². The van der Waals surface area contributed by atoms with Crippen molar-refractivity contribution in [2.75, 3.05) is 0 Å². The largest absolute Gasteiger partial charge is 0.0651 e. The van der Waals surface area contributed by atoms with Crippen molar-refractivity contribution in [3.05, 3.63) is 6.42 Å². The minimum absolute atomic E-state index is 0.814. The Labute approximate surface area is 66.0 Å². The molecule has 2 atom stereocenters. The highest BCUT2D eigenvalue weighted by atomic mass is 14.1. The average Bonchev–Trinajstić information content (AvgIpc) is 1.99. The van der Waals surface area contributed by atoms with Crippen LogP contribution in [0.3, 0.4) is 0 Å². The fraction of sp³-hybridized carbons (Fsp3) is 0.900. The molecule has 0 spiro atoms. The zero-order valence-corrected chi connectivity index (χ0v) is 7.85. The van der Waals surface area contributed by atoms with Crippen molar-refractivity contribution in [2.24, 2.45) is 11.8 Å². The smallest absolute Gasteiger partial charge is 0.0355 e. The summed E-state index contributed by atoms with van der Waals surface area (Å²) in [6.45, 7) is 9.12. The molecular weight excluding hydrogens is 120 g/mol. The molecule has 0 amide bonds. The van der Waals surface area contributed by atoms with Crippen LogP contribution in [0.5, 0.6) is 0 Å². The van der Waals surface area contributed by atoms with Gasteiger partial charge in [0.2, 0.25) is 0 Å². The zero-order valence-electron chi connectivity index (χ0n) is 7.85. The van der Waals surface area contributed by atoms with E-state index in [0.29, 0.717) is 0 Å². The van der Waals surface area contributed by atoms with Crippen LogP contribution in [0.4, 0.5) is 0 Å². The Kier molecular flexibility index (Phi) is 5.76. The topological polar surface area (TPSA) is 0 Å². The molecule has 0 aliphatic rings. The molecule has 0 aliphatic carbocycles. The Bertz CT molecular complexity index is 56.4. The van der Waals surface area contributed by atoms with Gasteiger partial charge in [-0.15, -0.1) is 0 Å². The third kappa shape index (κ3) is 4.84. The minimum atomic E-state index is 0.814. The van der Waals surface area contributed by atoms with E-state index in [2.05, 4.69) is 34.1 Å². The van der Waals surface area contributed by atoms with E-state index in [1.54, 1.807) is 0 Å². The first-order valence-corrected chi connectivity index (χ1v) is 4.54. The molecule has 0 heteroatoms. The summed E-state index contributed by atoms with van der Waals surface area (Å²) in [7, 11) is 0. The van der Waals surface area contributed by atoms with Crippen molar-refractivity contribution in [2.45, 2.75) is 47.0 Å². The summed E-state index contributed by atoms with van der Waals surface area (Å²) in [4.78, 5) is 0. The molecule has 0 saturated carbocycles. The van der Waals surface area contributed by atoms with Gasteiger partial charge in [0.25, 0.3) is 0 Å². The molecule has 0 aromatic heterocycles. The molecule has 0 N–H and O–H groups in total. The monoisotopic (exact) mass is 141 g/mol. The maximum atomic E-state index is 2.45. The Morgan fingerprint density at radius 1 is 1.10 bits per heavy atom. The molecule has 0 aromatic carbocycles. The van der Waals surface area contributed by atoms with Crippen molar-refractivity contribution >= 4 is 0 Å². The van der Waals surface area contributed by atoms with Crippen molar-refractivity contribution in [1.82, 2.24) is 0 Å². The van der Waals surface area contributed by atoms with Gasteiger partial charge >= 0.3 is 0 Å². The quantitative estimate of drug-likeness (QED) is 0.548. The summed E-state index contributed by atoms with van der Waals surface area (Å²) < 4.78 is 0. The second-order valence-corrected chi connectivity index (χ2v) is 3.37. The van der Waals surface area contributed by atoms with Crippen molar-refractivity contribution in [1.29, 1.82) is 0 Å². The Morgan fingerprint density at radius 3 is 2.10 bits per heavy atom. The summed E-state index contributed by atoms with van der Waals surface area (Å²) in [5.41, 5.74) is 0. The van der Waals surface area contributed by atoms with Crippen molar-refractivity contribution < 1.29 is 0 Å². The third-order valence-electron chi connectivity index (χ3n) is 2.28. The first kappa shape index (κ1) is 10.0. The lowest BCUT2D eigenvalue weighted by atomic mass is 9.95. The van der Waals surface area contributed by atoms with E-state index in [1.807, 2.05) is 0 Å². The SMILES string of the molecule is CCC(C)[CH]CC(C)CC. The fourth-order valence-electron chi connectivity index (χ4n) is 0.798. The van der Waals surface area contributed by atoms with Crippen LogP contribution >= 0.6 is 0 Å². The molecule has 0 rings (SSSR count). The van der Waals surface area contributed by atoms with Crippen LogP contribution in [0.25, 0.3) is 0 Å². The van der Waals surface area contributed by atoms with Gasteiger partial charge in [0.15, 0.2) is 0 Å². The van der Waals surface area contributed by atoms with E-state index in [-0.39, 0.29) is 0 Å². The van der Waals surface area contributed by atoms with Crippen LogP contribution in [0.15, 0.2) is 0 Å². The highest BCUT2D eigenvalue weighted by Gasteiger charge is 2.02. The maximum absolute atomic E-state index is 2.45. The van der Waals surface area contributed by atoms with Crippen LogP contribution in [-0.4, -0.2) is 0 Å². The van der Waals surface area contributed by atoms with E-state index in [0.717, 1.165) is 11.8 Å². The van der Waals surface area contributed by atoms with Crippen molar-refractivity contribution in [3.8, 4) is 0 Å². The number of hydrogen-bond acceptors (Lipinski definition) is 0. The van der Waals surface area contributed by atoms with Gasteiger partial charge in [-0.1, -0.05) is 40.5 Å². The highest BCUT2D eigenvalue weighted by Crippen LogP contribution is 2.15. The van der Waals surface area contributed by atoms with Gasteiger partial charge in [-0.25, -0.2) is 0 Å². The van der Waals surface area contributed by atoms with Crippen LogP contribution in [-0.2, 0) is 0 Å². The van der Waals surface area contributed by atoms with Gasteiger partial charge in [0.05, 0.1) is 0 Å². The summed E-state index contributed by atoms with van der Waals surface area (Å²) in [6, 6.07) is 0. The Balaban J connectivity index is 3.17. The third-order valence-corrected chi connectivity index (χ3v) is 2.28. The number of rotatable bonds is 5. The molecule has 0 aliphatic heterocycles. The molecule has 0 fully saturated rings. The molecule has 1 radical (unpaired) electrons. The first-order valence-electron chi connectivity index (χ1n) is 4.54. The second kappa shape index (κ2) is 5.76. The molecule has 61 valence electrons. The van der Waals surface area contributed by atoms with Gasteiger partial charge in [0.1, 0.15) is 0 Å². The fourth-order valence-corrected chi connectivity index (χ4v) is 0.798. The highest BCUT2D eigenvalue weighted by molar-refractivity contribution is 4.73. The summed E-state index contributed by atoms with van der Waals surface area (Å²) in [5.74, 6) is 1.70. The predicted molar refractivity (Wildman–Crippen MR) is 47.8 cm³/mol. The van der Waals surface area contributed by atoms with E-state index in [1.165, 1.54) is 19.3 Å². The van der Waals surface area contributed by atoms with Crippen LogP contribution in [0.2, 0.25) is 0 Å². The minimum Gasteiger partial charge on any atom is -0.0651 e. The average molecular weight is 141 g/mol. The molecule has 2 unspecified atom stereocenters. The van der Waals surface area contributed by atoms with E-state index >= 15 is 0 Å². The lowest BCUT2D eigenvalue weighted by Crippen LogP contribution is -1.98. The van der Waals surface area contributed by atoms with Crippen LogP contribution < -0.4 is 0 Å². The molecule has 0 bridgehead atoms. The molecule has 0 aromatic rings. The van der Waals surface area contributed by atoms with Crippen LogP contribution in [0.1, 0.15) is 47.0 Å². The lowest BCUT2D eigenvalue weighted by molar-refractivity contribution is 0.502. The summed E-state index contributed by atoms with van der Waals surface area (Å²) in [5, 5.41) is 0. The van der Waals surface area contributed by atoms with Crippen LogP contribution in [0, 0.1) is 18.3 Å².